The summed E-state index contributed by atoms with van der Waals surface area (Å²) in [6, 6.07) is 5.76. The Labute approximate surface area is 115 Å². The highest BCUT2D eigenvalue weighted by molar-refractivity contribution is 5.81. The van der Waals surface area contributed by atoms with E-state index in [-0.39, 0.29) is 22.9 Å². The van der Waals surface area contributed by atoms with E-state index in [0.29, 0.717) is 13.0 Å². The van der Waals surface area contributed by atoms with Crippen LogP contribution in [-0.4, -0.2) is 23.5 Å². The molecule has 1 aliphatic heterocycles. The van der Waals surface area contributed by atoms with Gasteiger partial charge >= 0.3 is 5.69 Å². The Morgan fingerprint density at radius 2 is 2.25 bits per heavy atom. The van der Waals surface area contributed by atoms with Gasteiger partial charge in [-0.25, -0.2) is 0 Å². The van der Waals surface area contributed by atoms with Crippen LogP contribution in [-0.2, 0) is 4.79 Å². The monoisotopic (exact) mass is 275 g/mol. The number of carbonyl (C=O) groups is 1. The summed E-state index contributed by atoms with van der Waals surface area (Å²) in [5.74, 6) is -0.253. The van der Waals surface area contributed by atoms with E-state index < -0.39 is 11.0 Å². The van der Waals surface area contributed by atoms with Crippen LogP contribution in [0.25, 0.3) is 0 Å². The molecule has 1 amide bonds. The summed E-state index contributed by atoms with van der Waals surface area (Å²) in [4.78, 5) is 22.1. The first-order chi connectivity index (χ1) is 9.61. The van der Waals surface area contributed by atoms with Gasteiger partial charge in [-0.3, -0.25) is 14.9 Å². The lowest BCUT2D eigenvalue weighted by Crippen LogP contribution is -2.36. The summed E-state index contributed by atoms with van der Waals surface area (Å²) < 4.78 is 5.48. The van der Waals surface area contributed by atoms with Gasteiger partial charge in [0.2, 0.25) is 0 Å². The van der Waals surface area contributed by atoms with Gasteiger partial charge in [-0.05, 0) is 31.4 Å². The van der Waals surface area contributed by atoms with Crippen molar-refractivity contribution >= 4 is 11.6 Å². The average molecular weight is 275 g/mol. The topological polar surface area (TPSA) is 105 Å². The number of nitriles is 1. The Morgan fingerprint density at radius 3 is 2.95 bits per heavy atom. The smallest absolute Gasteiger partial charge is 0.312 e. The van der Waals surface area contributed by atoms with Gasteiger partial charge < -0.3 is 10.1 Å². The van der Waals surface area contributed by atoms with Gasteiger partial charge in [0, 0.05) is 12.6 Å². The highest BCUT2D eigenvalue weighted by Crippen LogP contribution is 2.29. The van der Waals surface area contributed by atoms with Crippen molar-refractivity contribution in [3.8, 4) is 11.8 Å². The normalized spacial score (nSPS) is 18.6. The fourth-order valence-corrected chi connectivity index (χ4v) is 2.01. The molecule has 0 spiro atoms. The first kappa shape index (κ1) is 13.8. The standard InChI is InChI=1S/C13H13N3O4/c14-8-9-4-5-11(10(7-9)16(18)19)20-12-3-1-2-6-15-13(12)17/h4-5,7,12H,1-3,6H2,(H,15,17). The van der Waals surface area contributed by atoms with Crippen LogP contribution in [0.3, 0.4) is 0 Å². The van der Waals surface area contributed by atoms with E-state index >= 15 is 0 Å². The molecule has 0 aromatic heterocycles. The van der Waals surface area contributed by atoms with Crippen molar-refractivity contribution in [2.24, 2.45) is 0 Å². The molecular formula is C13H13N3O4. The van der Waals surface area contributed by atoms with Gasteiger partial charge in [-0.1, -0.05) is 0 Å². The maximum atomic E-state index is 11.8. The van der Waals surface area contributed by atoms with Crippen LogP contribution in [0.5, 0.6) is 5.75 Å². The average Bonchev–Trinajstić information content (AvgIpc) is 2.64. The Kier molecular flexibility index (Phi) is 4.15. The number of carbonyl (C=O) groups excluding carboxylic acids is 1. The first-order valence-electron chi connectivity index (χ1n) is 6.24. The van der Waals surface area contributed by atoms with Gasteiger partial charge in [0.25, 0.3) is 5.91 Å². The van der Waals surface area contributed by atoms with Crippen molar-refractivity contribution in [2.75, 3.05) is 6.54 Å². The highest BCUT2D eigenvalue weighted by Gasteiger charge is 2.26. The largest absolute Gasteiger partial charge is 0.473 e. The van der Waals surface area contributed by atoms with Crippen molar-refractivity contribution in [3.63, 3.8) is 0 Å². The molecule has 2 rings (SSSR count). The SMILES string of the molecule is N#Cc1ccc(OC2CCCCNC2=O)c([N+](=O)[O-])c1. The van der Waals surface area contributed by atoms with Crippen LogP contribution < -0.4 is 10.1 Å². The minimum Gasteiger partial charge on any atom is -0.473 e. The number of benzene rings is 1. The number of hydrogen-bond donors (Lipinski definition) is 1. The number of nitrogens with zero attached hydrogens (tertiary/aromatic N) is 2. The predicted molar refractivity (Wildman–Crippen MR) is 69.1 cm³/mol. The second kappa shape index (κ2) is 6.02. The molecule has 1 aliphatic rings. The lowest BCUT2D eigenvalue weighted by molar-refractivity contribution is -0.386. The Bertz CT molecular complexity index is 579. The van der Waals surface area contributed by atoms with Gasteiger partial charge in [0.15, 0.2) is 11.9 Å². The second-order valence-corrected chi connectivity index (χ2v) is 4.44. The van der Waals surface area contributed by atoms with E-state index in [1.54, 1.807) is 0 Å². The molecule has 1 N–H and O–H groups in total. The predicted octanol–water partition coefficient (Wildman–Crippen LogP) is 1.51. The molecule has 1 saturated heterocycles. The number of nitrogens with one attached hydrogen (secondary N) is 1. The molecule has 1 atom stereocenters. The van der Waals surface area contributed by atoms with Crippen molar-refractivity contribution in [1.82, 2.24) is 5.32 Å². The number of rotatable bonds is 3. The van der Waals surface area contributed by atoms with E-state index in [4.69, 9.17) is 10.00 Å². The van der Waals surface area contributed by atoms with E-state index in [1.165, 1.54) is 12.1 Å². The summed E-state index contributed by atoms with van der Waals surface area (Å²) in [7, 11) is 0. The maximum absolute atomic E-state index is 11.8. The Balaban J connectivity index is 2.26. The summed E-state index contributed by atoms with van der Waals surface area (Å²) in [6.07, 6.45) is 1.46. The fraction of sp³-hybridized carbons (Fsp3) is 0.385. The number of ether oxygens (including phenoxy) is 1. The van der Waals surface area contributed by atoms with Crippen molar-refractivity contribution < 1.29 is 14.5 Å². The first-order valence-corrected chi connectivity index (χ1v) is 6.24. The van der Waals surface area contributed by atoms with Gasteiger partial charge in [0.05, 0.1) is 16.6 Å². The maximum Gasteiger partial charge on any atom is 0.312 e. The molecule has 1 aromatic rings. The zero-order chi connectivity index (χ0) is 14.5. The quantitative estimate of drug-likeness (QED) is 0.665. The Hall–Kier alpha value is -2.62. The summed E-state index contributed by atoms with van der Waals surface area (Å²) in [6.45, 7) is 0.591. The molecule has 0 bridgehead atoms. The fourth-order valence-electron chi connectivity index (χ4n) is 2.01. The van der Waals surface area contributed by atoms with Gasteiger partial charge in [0.1, 0.15) is 0 Å². The second-order valence-electron chi connectivity index (χ2n) is 4.44. The van der Waals surface area contributed by atoms with Crippen LogP contribution in [0, 0.1) is 21.4 Å². The van der Waals surface area contributed by atoms with E-state index in [1.807, 2.05) is 6.07 Å². The zero-order valence-electron chi connectivity index (χ0n) is 10.7. The van der Waals surface area contributed by atoms with Crippen LogP contribution in [0.2, 0.25) is 0 Å². The molecular weight excluding hydrogens is 262 g/mol. The third-order valence-corrected chi connectivity index (χ3v) is 3.04. The third kappa shape index (κ3) is 3.03. The summed E-state index contributed by atoms with van der Waals surface area (Å²) in [5, 5.41) is 22.5. The number of nitro benzene ring substituents is 1. The molecule has 7 nitrogen and oxygen atoms in total. The van der Waals surface area contributed by atoms with Crippen LogP contribution in [0.15, 0.2) is 18.2 Å². The van der Waals surface area contributed by atoms with Gasteiger partial charge in [-0.2, -0.15) is 5.26 Å². The van der Waals surface area contributed by atoms with Gasteiger partial charge in [-0.15, -0.1) is 0 Å². The van der Waals surface area contributed by atoms with E-state index in [9.17, 15) is 14.9 Å². The number of nitro groups is 1. The van der Waals surface area contributed by atoms with Crippen molar-refractivity contribution in [2.45, 2.75) is 25.4 Å². The molecule has 0 radical (unpaired) electrons. The van der Waals surface area contributed by atoms with E-state index in [0.717, 1.165) is 18.9 Å². The third-order valence-electron chi connectivity index (χ3n) is 3.04. The molecule has 1 fully saturated rings. The van der Waals surface area contributed by atoms with Crippen molar-refractivity contribution in [3.05, 3.63) is 33.9 Å². The molecule has 0 aliphatic carbocycles. The zero-order valence-corrected chi connectivity index (χ0v) is 10.7. The van der Waals surface area contributed by atoms with Crippen LogP contribution in [0.4, 0.5) is 5.69 Å². The van der Waals surface area contributed by atoms with Crippen LogP contribution >= 0.6 is 0 Å². The summed E-state index contributed by atoms with van der Waals surface area (Å²) >= 11 is 0. The molecule has 20 heavy (non-hydrogen) atoms. The Morgan fingerprint density at radius 1 is 1.45 bits per heavy atom. The van der Waals surface area contributed by atoms with Crippen molar-refractivity contribution in [1.29, 1.82) is 5.26 Å². The minimum absolute atomic E-state index is 0.0102. The highest BCUT2D eigenvalue weighted by atomic mass is 16.6. The summed E-state index contributed by atoms with van der Waals surface area (Å²) in [5.41, 5.74) is -0.129. The lowest BCUT2D eigenvalue weighted by atomic mass is 10.1. The lowest BCUT2D eigenvalue weighted by Gasteiger charge is -2.15. The number of hydrogen-bond acceptors (Lipinski definition) is 5. The number of amides is 1. The molecule has 1 unspecified atom stereocenters. The molecule has 104 valence electrons. The van der Waals surface area contributed by atoms with Crippen LogP contribution in [0.1, 0.15) is 24.8 Å². The molecule has 1 aromatic carbocycles. The molecule has 0 saturated carbocycles. The molecule has 7 heteroatoms. The van der Waals surface area contributed by atoms with E-state index in [2.05, 4.69) is 5.32 Å². The minimum atomic E-state index is -0.732. The molecule has 1 heterocycles.